The number of carbonyl (C=O) groups excluding carboxylic acids is 1. The quantitative estimate of drug-likeness (QED) is 0.828. The highest BCUT2D eigenvalue weighted by Gasteiger charge is 2.38. The maximum Gasteiger partial charge on any atom is 0.303 e. The molecule has 1 aliphatic rings. The molecule has 1 aromatic carbocycles. The molecule has 3 nitrogen and oxygen atoms in total. The van der Waals surface area contributed by atoms with Gasteiger partial charge in [-0.2, -0.15) is 0 Å². The first-order valence-corrected chi connectivity index (χ1v) is 7.24. The summed E-state index contributed by atoms with van der Waals surface area (Å²) in [4.78, 5) is 23.6. The molecule has 3 heteroatoms. The van der Waals surface area contributed by atoms with E-state index in [1.165, 1.54) is 0 Å². The summed E-state index contributed by atoms with van der Waals surface area (Å²) in [7, 11) is 0. The summed E-state index contributed by atoms with van der Waals surface area (Å²) in [5, 5.41) is 9.10. The number of aliphatic carboxylic acids is 1. The Morgan fingerprint density at radius 1 is 1.05 bits per heavy atom. The number of carboxylic acids is 1. The van der Waals surface area contributed by atoms with Crippen LogP contribution in [0.4, 0.5) is 0 Å². The third-order valence-corrected chi connectivity index (χ3v) is 4.27. The Hall–Kier alpha value is -1.64. The predicted molar refractivity (Wildman–Crippen MR) is 78.0 cm³/mol. The Morgan fingerprint density at radius 3 is 2.10 bits per heavy atom. The van der Waals surface area contributed by atoms with Crippen molar-refractivity contribution < 1.29 is 14.7 Å². The predicted octanol–water partition coefficient (Wildman–Crippen LogP) is 3.91. The van der Waals surface area contributed by atoms with Gasteiger partial charge in [0.05, 0.1) is 6.42 Å². The van der Waals surface area contributed by atoms with Crippen molar-refractivity contribution >= 4 is 11.8 Å². The molecule has 0 bridgehead atoms. The van der Waals surface area contributed by atoms with Crippen molar-refractivity contribution in [3.63, 3.8) is 0 Å². The monoisotopic (exact) mass is 274 g/mol. The van der Waals surface area contributed by atoms with E-state index >= 15 is 0 Å². The lowest BCUT2D eigenvalue weighted by molar-refractivity contribution is -0.139. The van der Waals surface area contributed by atoms with Crippen molar-refractivity contribution in [1.29, 1.82) is 0 Å². The van der Waals surface area contributed by atoms with Gasteiger partial charge >= 0.3 is 5.97 Å². The van der Waals surface area contributed by atoms with Gasteiger partial charge in [0.15, 0.2) is 5.78 Å². The molecule has 2 rings (SSSR count). The molecule has 0 aliphatic heterocycles. The highest BCUT2D eigenvalue weighted by molar-refractivity contribution is 5.97. The van der Waals surface area contributed by atoms with Crippen LogP contribution in [0.25, 0.3) is 0 Å². The van der Waals surface area contributed by atoms with Crippen molar-refractivity contribution in [2.24, 2.45) is 5.41 Å². The fraction of sp³-hybridized carbons (Fsp3) is 0.529. The molecule has 1 aromatic rings. The smallest absolute Gasteiger partial charge is 0.303 e. The molecule has 1 N–H and O–H groups in total. The first kappa shape index (κ1) is 14.8. The second kappa shape index (κ2) is 5.78. The van der Waals surface area contributed by atoms with Gasteiger partial charge in [-0.1, -0.05) is 30.0 Å². The van der Waals surface area contributed by atoms with Gasteiger partial charge in [-0.15, -0.1) is 0 Å². The van der Waals surface area contributed by atoms with Crippen molar-refractivity contribution in [3.05, 3.63) is 34.9 Å². The molecule has 1 aliphatic carbocycles. The molecular weight excluding hydrogens is 252 g/mol. The number of hydrogen-bond acceptors (Lipinski definition) is 2. The third kappa shape index (κ3) is 3.47. The molecule has 0 unspecified atom stereocenters. The fourth-order valence-corrected chi connectivity index (χ4v) is 3.44. The Balaban J connectivity index is 2.18. The molecule has 1 saturated carbocycles. The molecule has 0 amide bonds. The zero-order valence-corrected chi connectivity index (χ0v) is 12.2. The van der Waals surface area contributed by atoms with Crippen LogP contribution in [0.15, 0.2) is 18.2 Å². The molecule has 0 saturated heterocycles. The molecule has 0 radical (unpaired) electrons. The average molecular weight is 274 g/mol. The van der Waals surface area contributed by atoms with Crippen molar-refractivity contribution in [2.75, 3.05) is 0 Å². The van der Waals surface area contributed by atoms with Crippen LogP contribution in [-0.4, -0.2) is 16.9 Å². The van der Waals surface area contributed by atoms with Crippen LogP contribution >= 0.6 is 0 Å². The van der Waals surface area contributed by atoms with Crippen LogP contribution in [0.2, 0.25) is 0 Å². The third-order valence-electron chi connectivity index (χ3n) is 4.27. The largest absolute Gasteiger partial charge is 0.481 e. The van der Waals surface area contributed by atoms with Crippen molar-refractivity contribution in [2.45, 2.75) is 52.4 Å². The maximum atomic E-state index is 12.5. The van der Waals surface area contributed by atoms with Crippen LogP contribution in [0.5, 0.6) is 0 Å². The van der Waals surface area contributed by atoms with Gasteiger partial charge in [-0.25, -0.2) is 0 Å². The van der Waals surface area contributed by atoms with E-state index in [1.54, 1.807) is 0 Å². The maximum absolute atomic E-state index is 12.5. The minimum atomic E-state index is -0.792. The fourth-order valence-electron chi connectivity index (χ4n) is 3.44. The summed E-state index contributed by atoms with van der Waals surface area (Å²) >= 11 is 0. The lowest BCUT2D eigenvalue weighted by Crippen LogP contribution is -2.24. The first-order valence-electron chi connectivity index (χ1n) is 7.24. The number of Topliss-reactive ketones (excluding diaryl/α,β-unsaturated/α-hetero) is 1. The molecule has 20 heavy (non-hydrogen) atoms. The average Bonchev–Trinajstić information content (AvgIpc) is 2.74. The summed E-state index contributed by atoms with van der Waals surface area (Å²) in [5.41, 5.74) is 2.55. The van der Waals surface area contributed by atoms with Gasteiger partial charge in [-0.05, 0) is 44.2 Å². The Labute approximate surface area is 120 Å². The molecule has 0 aromatic heterocycles. The van der Waals surface area contributed by atoms with E-state index < -0.39 is 5.97 Å². The molecule has 108 valence electrons. The summed E-state index contributed by atoms with van der Waals surface area (Å²) in [5.74, 6) is -0.708. The van der Waals surface area contributed by atoms with Gasteiger partial charge in [0, 0.05) is 12.0 Å². The molecule has 0 spiro atoms. The molecule has 0 heterocycles. The zero-order chi connectivity index (χ0) is 14.8. The zero-order valence-electron chi connectivity index (χ0n) is 12.2. The van der Waals surface area contributed by atoms with Gasteiger partial charge in [0.25, 0.3) is 0 Å². The van der Waals surface area contributed by atoms with Gasteiger partial charge in [0.2, 0.25) is 0 Å². The topological polar surface area (TPSA) is 54.4 Å². The number of aryl methyl sites for hydroxylation is 2. The van der Waals surface area contributed by atoms with E-state index in [0.29, 0.717) is 6.42 Å². The van der Waals surface area contributed by atoms with Crippen molar-refractivity contribution in [1.82, 2.24) is 0 Å². The number of carboxylic acid groups (broad SMARTS) is 1. The minimum absolute atomic E-state index is 0.0833. The standard InChI is InChI=1S/C17H22O3/c1-12-7-13(2)9-14(8-12)15(18)10-17(11-16(19)20)5-3-4-6-17/h7-9H,3-6,10-11H2,1-2H3,(H,19,20). The highest BCUT2D eigenvalue weighted by atomic mass is 16.4. The second-order valence-corrected chi connectivity index (χ2v) is 6.25. The minimum Gasteiger partial charge on any atom is -0.481 e. The lowest BCUT2D eigenvalue weighted by Gasteiger charge is -2.26. The Bertz CT molecular complexity index is 505. The van der Waals surface area contributed by atoms with E-state index in [9.17, 15) is 9.59 Å². The number of rotatable bonds is 5. The number of hydrogen-bond donors (Lipinski definition) is 1. The Kier molecular flexibility index (Phi) is 4.26. The summed E-state index contributed by atoms with van der Waals surface area (Å²) in [6.45, 7) is 3.96. The normalized spacial score (nSPS) is 17.1. The van der Waals surface area contributed by atoms with Crippen molar-refractivity contribution in [3.8, 4) is 0 Å². The highest BCUT2D eigenvalue weighted by Crippen LogP contribution is 2.44. The van der Waals surface area contributed by atoms with Crippen LogP contribution in [0.1, 0.15) is 60.0 Å². The van der Waals surface area contributed by atoms with Gasteiger partial charge in [0.1, 0.15) is 0 Å². The second-order valence-electron chi connectivity index (χ2n) is 6.25. The van der Waals surface area contributed by atoms with Gasteiger partial charge in [-0.3, -0.25) is 9.59 Å². The van der Waals surface area contributed by atoms with E-state index in [1.807, 2.05) is 32.0 Å². The summed E-state index contributed by atoms with van der Waals surface area (Å²) in [6, 6.07) is 5.84. The SMILES string of the molecule is Cc1cc(C)cc(C(=O)CC2(CC(=O)O)CCCC2)c1. The van der Waals surface area contributed by atoms with E-state index in [4.69, 9.17) is 5.11 Å². The lowest BCUT2D eigenvalue weighted by atomic mass is 9.77. The van der Waals surface area contributed by atoms with E-state index in [0.717, 1.165) is 42.4 Å². The number of benzene rings is 1. The van der Waals surface area contributed by atoms with Crippen LogP contribution in [0.3, 0.4) is 0 Å². The van der Waals surface area contributed by atoms with E-state index in [-0.39, 0.29) is 17.6 Å². The molecule has 0 atom stereocenters. The Morgan fingerprint density at radius 2 is 1.60 bits per heavy atom. The number of carbonyl (C=O) groups is 2. The molecular formula is C17H22O3. The van der Waals surface area contributed by atoms with Crippen LogP contribution < -0.4 is 0 Å². The summed E-state index contributed by atoms with van der Waals surface area (Å²) in [6.07, 6.45) is 4.26. The van der Waals surface area contributed by atoms with Crippen LogP contribution in [0, 0.1) is 19.3 Å². The summed E-state index contributed by atoms with van der Waals surface area (Å²) < 4.78 is 0. The van der Waals surface area contributed by atoms with E-state index in [2.05, 4.69) is 0 Å². The molecule has 1 fully saturated rings. The van der Waals surface area contributed by atoms with Crippen LogP contribution in [-0.2, 0) is 4.79 Å². The van der Waals surface area contributed by atoms with Gasteiger partial charge < -0.3 is 5.11 Å². The first-order chi connectivity index (χ1) is 9.40. The number of ketones is 1.